The zero-order chi connectivity index (χ0) is 20.7. The first-order chi connectivity index (χ1) is 14.0. The van der Waals surface area contributed by atoms with E-state index < -0.39 is 0 Å². The number of thiophene rings is 1. The lowest BCUT2D eigenvalue weighted by Crippen LogP contribution is -2.50. The van der Waals surface area contributed by atoms with Crippen LogP contribution in [0, 0.1) is 0 Å². The van der Waals surface area contributed by atoms with Crippen molar-refractivity contribution in [3.63, 3.8) is 0 Å². The number of nitrogens with zero attached hydrogens (tertiary/aromatic N) is 1. The predicted molar refractivity (Wildman–Crippen MR) is 120 cm³/mol. The van der Waals surface area contributed by atoms with Gasteiger partial charge in [-0.25, -0.2) is 0 Å². The zero-order valence-electron chi connectivity index (χ0n) is 17.4. The van der Waals surface area contributed by atoms with Gasteiger partial charge in [-0.1, -0.05) is 25.0 Å². The van der Waals surface area contributed by atoms with Crippen LogP contribution in [0.4, 0.5) is 5.69 Å². The number of amides is 2. The summed E-state index contributed by atoms with van der Waals surface area (Å²) in [6, 6.07) is 11.3. The van der Waals surface area contributed by atoms with Gasteiger partial charge in [-0.2, -0.15) is 0 Å². The molecule has 1 aliphatic carbocycles. The number of hydrogen-bond acceptors (Lipinski definition) is 4. The van der Waals surface area contributed by atoms with Crippen molar-refractivity contribution >= 4 is 28.8 Å². The van der Waals surface area contributed by atoms with Crippen LogP contribution in [0.15, 0.2) is 41.8 Å². The fraction of sp³-hybridized carbons (Fsp3) is 0.478. The van der Waals surface area contributed by atoms with E-state index in [4.69, 9.17) is 0 Å². The molecule has 29 heavy (non-hydrogen) atoms. The predicted octanol–water partition coefficient (Wildman–Crippen LogP) is 4.31. The number of carbonyl (C=O) groups is 2. The van der Waals surface area contributed by atoms with Gasteiger partial charge in [-0.05, 0) is 69.4 Å². The molecule has 0 saturated heterocycles. The number of hydrogen-bond donors (Lipinski definition) is 2. The van der Waals surface area contributed by atoms with E-state index in [1.54, 1.807) is 23.5 Å². The molecule has 0 aliphatic heterocycles. The minimum atomic E-state index is -0.0908. The fourth-order valence-electron chi connectivity index (χ4n) is 4.00. The minimum Gasteiger partial charge on any atom is -0.350 e. The van der Waals surface area contributed by atoms with Crippen LogP contribution >= 0.6 is 11.3 Å². The van der Waals surface area contributed by atoms with Crippen LogP contribution in [0.3, 0.4) is 0 Å². The second-order valence-electron chi connectivity index (χ2n) is 8.07. The molecule has 0 bridgehead atoms. The summed E-state index contributed by atoms with van der Waals surface area (Å²) in [7, 11) is 4.18. The maximum absolute atomic E-state index is 12.7. The molecular formula is C23H31N3O2S. The standard InChI is InChI=1S/C23H31N3O2S/c1-26(2)23(13-3-4-14-23)17-24-22(28)18-8-5-9-19(16-18)25-21(27)12-6-10-20-11-7-15-29-20/h5,7-9,11,15-16H,3-4,6,10,12-14,17H2,1-2H3,(H,24,28)(H,25,27). The van der Waals surface area contributed by atoms with E-state index in [2.05, 4.69) is 41.1 Å². The van der Waals surface area contributed by atoms with Gasteiger partial charge in [0.25, 0.3) is 5.91 Å². The SMILES string of the molecule is CN(C)C1(CNC(=O)c2cccc(NC(=O)CCCc3cccs3)c2)CCCC1. The molecule has 1 aromatic carbocycles. The molecule has 1 aromatic heterocycles. The number of anilines is 1. The number of benzene rings is 1. The molecule has 0 unspecified atom stereocenters. The van der Waals surface area contributed by atoms with Crippen LogP contribution in [-0.4, -0.2) is 42.9 Å². The van der Waals surface area contributed by atoms with Crippen molar-refractivity contribution in [2.75, 3.05) is 26.0 Å². The van der Waals surface area contributed by atoms with Gasteiger partial charge in [0.05, 0.1) is 0 Å². The van der Waals surface area contributed by atoms with Crippen LogP contribution < -0.4 is 10.6 Å². The van der Waals surface area contributed by atoms with Crippen LogP contribution in [0.25, 0.3) is 0 Å². The van der Waals surface area contributed by atoms with Gasteiger partial charge in [0.15, 0.2) is 0 Å². The van der Waals surface area contributed by atoms with E-state index >= 15 is 0 Å². The summed E-state index contributed by atoms with van der Waals surface area (Å²) in [4.78, 5) is 28.4. The first-order valence-corrected chi connectivity index (χ1v) is 11.2. The summed E-state index contributed by atoms with van der Waals surface area (Å²) in [6.45, 7) is 0.651. The zero-order valence-corrected chi connectivity index (χ0v) is 18.2. The van der Waals surface area contributed by atoms with Crippen molar-refractivity contribution in [2.45, 2.75) is 50.5 Å². The highest BCUT2D eigenvalue weighted by atomic mass is 32.1. The Hall–Kier alpha value is -2.18. The van der Waals surface area contributed by atoms with E-state index in [0.717, 1.165) is 25.7 Å². The second kappa shape index (κ2) is 10.0. The molecule has 1 saturated carbocycles. The van der Waals surface area contributed by atoms with Crippen LogP contribution in [0.5, 0.6) is 0 Å². The minimum absolute atomic E-state index is 0.0170. The molecular weight excluding hydrogens is 382 g/mol. The van der Waals surface area contributed by atoms with Gasteiger partial charge in [0.2, 0.25) is 5.91 Å². The van der Waals surface area contributed by atoms with E-state index in [1.807, 2.05) is 18.2 Å². The Balaban J connectivity index is 1.50. The summed E-state index contributed by atoms with van der Waals surface area (Å²) in [5, 5.41) is 8.07. The van der Waals surface area contributed by atoms with Crippen molar-refractivity contribution in [3.8, 4) is 0 Å². The van der Waals surface area contributed by atoms with Crippen molar-refractivity contribution in [3.05, 3.63) is 52.2 Å². The summed E-state index contributed by atoms with van der Waals surface area (Å²) in [5.74, 6) is -0.108. The molecule has 3 rings (SSSR count). The first kappa shape index (κ1) is 21.5. The Morgan fingerprint density at radius 2 is 1.93 bits per heavy atom. The summed E-state index contributed by atoms with van der Waals surface area (Å²) >= 11 is 1.72. The number of rotatable bonds is 9. The topological polar surface area (TPSA) is 61.4 Å². The lowest BCUT2D eigenvalue weighted by Gasteiger charge is -2.36. The number of nitrogens with one attached hydrogen (secondary N) is 2. The third-order valence-electron chi connectivity index (χ3n) is 5.88. The summed E-state index contributed by atoms with van der Waals surface area (Å²) in [5.41, 5.74) is 1.31. The number of aryl methyl sites for hydroxylation is 1. The Morgan fingerprint density at radius 1 is 1.14 bits per heavy atom. The number of likely N-dealkylation sites (N-methyl/N-ethyl adjacent to an activating group) is 1. The van der Waals surface area contributed by atoms with E-state index in [0.29, 0.717) is 24.2 Å². The van der Waals surface area contributed by atoms with Crippen LogP contribution in [-0.2, 0) is 11.2 Å². The van der Waals surface area contributed by atoms with Gasteiger partial charge in [0, 0.05) is 34.6 Å². The van der Waals surface area contributed by atoms with Gasteiger partial charge in [-0.3, -0.25) is 9.59 Å². The molecule has 6 heteroatoms. The molecule has 5 nitrogen and oxygen atoms in total. The smallest absolute Gasteiger partial charge is 0.251 e. The Bertz CT molecular complexity index is 811. The molecule has 0 spiro atoms. The Labute approximate surface area is 177 Å². The van der Waals surface area contributed by atoms with Gasteiger partial charge in [-0.15, -0.1) is 11.3 Å². The summed E-state index contributed by atoms with van der Waals surface area (Å²) < 4.78 is 0. The summed E-state index contributed by atoms with van der Waals surface area (Å²) in [6.07, 6.45) is 6.85. The molecule has 0 atom stereocenters. The molecule has 2 N–H and O–H groups in total. The third kappa shape index (κ3) is 5.90. The molecule has 156 valence electrons. The van der Waals surface area contributed by atoms with Crippen LogP contribution in [0.1, 0.15) is 53.8 Å². The lowest BCUT2D eigenvalue weighted by atomic mass is 9.96. The average molecular weight is 414 g/mol. The van der Waals surface area contributed by atoms with Crippen molar-refractivity contribution in [1.82, 2.24) is 10.2 Å². The van der Waals surface area contributed by atoms with Crippen molar-refractivity contribution < 1.29 is 9.59 Å². The quantitative estimate of drug-likeness (QED) is 0.644. The normalized spacial score (nSPS) is 15.4. The van der Waals surface area contributed by atoms with Gasteiger partial charge < -0.3 is 15.5 Å². The Morgan fingerprint density at radius 3 is 2.62 bits per heavy atom. The molecule has 2 aromatic rings. The van der Waals surface area contributed by atoms with E-state index in [-0.39, 0.29) is 17.4 Å². The Kier molecular flexibility index (Phi) is 7.45. The van der Waals surface area contributed by atoms with Crippen molar-refractivity contribution in [2.24, 2.45) is 0 Å². The third-order valence-corrected chi connectivity index (χ3v) is 6.81. The molecule has 2 amide bonds. The lowest BCUT2D eigenvalue weighted by molar-refractivity contribution is -0.116. The van der Waals surface area contributed by atoms with E-state index in [9.17, 15) is 9.59 Å². The maximum atomic E-state index is 12.7. The molecule has 1 fully saturated rings. The van der Waals surface area contributed by atoms with Gasteiger partial charge >= 0.3 is 0 Å². The van der Waals surface area contributed by atoms with Crippen molar-refractivity contribution in [1.29, 1.82) is 0 Å². The highest BCUT2D eigenvalue weighted by Crippen LogP contribution is 2.33. The monoisotopic (exact) mass is 413 g/mol. The molecule has 1 heterocycles. The number of carbonyl (C=O) groups excluding carboxylic acids is 2. The fourth-order valence-corrected chi connectivity index (χ4v) is 4.75. The first-order valence-electron chi connectivity index (χ1n) is 10.4. The largest absolute Gasteiger partial charge is 0.350 e. The highest BCUT2D eigenvalue weighted by molar-refractivity contribution is 7.09. The second-order valence-corrected chi connectivity index (χ2v) is 9.10. The highest BCUT2D eigenvalue weighted by Gasteiger charge is 2.36. The molecule has 0 radical (unpaired) electrons. The van der Waals surface area contributed by atoms with Crippen LogP contribution in [0.2, 0.25) is 0 Å². The van der Waals surface area contributed by atoms with Gasteiger partial charge in [0.1, 0.15) is 0 Å². The maximum Gasteiger partial charge on any atom is 0.251 e. The average Bonchev–Trinajstić information content (AvgIpc) is 3.39. The van der Waals surface area contributed by atoms with E-state index in [1.165, 1.54) is 17.7 Å². The molecule has 1 aliphatic rings.